The summed E-state index contributed by atoms with van der Waals surface area (Å²) in [7, 11) is 0. The van der Waals surface area contributed by atoms with E-state index < -0.39 is 0 Å². The standard InChI is InChI=1S/C18H18FNO3/c19-13-5-3-12(4-6-13)18(20-7-1-2-8-20)14-9-16-17(10-15(14)21)23-11-22-16/h3-6,9-10,18,21H,1-2,7-8,11H2/t18-/m0/s1. The summed E-state index contributed by atoms with van der Waals surface area (Å²) in [5, 5.41) is 10.5. The van der Waals surface area contributed by atoms with Crippen LogP contribution in [0.2, 0.25) is 0 Å². The smallest absolute Gasteiger partial charge is 0.231 e. The monoisotopic (exact) mass is 315 g/mol. The Hall–Kier alpha value is -2.27. The van der Waals surface area contributed by atoms with Gasteiger partial charge in [-0.15, -0.1) is 0 Å². The normalized spacial score (nSPS) is 18.3. The molecule has 23 heavy (non-hydrogen) atoms. The Morgan fingerprint density at radius 3 is 2.35 bits per heavy atom. The Morgan fingerprint density at radius 2 is 1.65 bits per heavy atom. The van der Waals surface area contributed by atoms with E-state index in [-0.39, 0.29) is 24.4 Å². The molecule has 1 fully saturated rings. The first-order chi connectivity index (χ1) is 11.2. The zero-order chi connectivity index (χ0) is 15.8. The first-order valence-corrected chi connectivity index (χ1v) is 7.84. The molecule has 2 aliphatic heterocycles. The van der Waals surface area contributed by atoms with Crippen LogP contribution in [0.15, 0.2) is 36.4 Å². The van der Waals surface area contributed by atoms with Crippen molar-refractivity contribution >= 4 is 0 Å². The predicted molar refractivity (Wildman–Crippen MR) is 83.3 cm³/mol. The van der Waals surface area contributed by atoms with E-state index in [0.29, 0.717) is 11.5 Å². The molecule has 0 amide bonds. The molecule has 0 unspecified atom stereocenters. The van der Waals surface area contributed by atoms with Gasteiger partial charge in [-0.25, -0.2) is 4.39 Å². The van der Waals surface area contributed by atoms with Crippen molar-refractivity contribution < 1.29 is 19.0 Å². The topological polar surface area (TPSA) is 41.9 Å². The Balaban J connectivity index is 1.80. The van der Waals surface area contributed by atoms with Crippen LogP contribution < -0.4 is 9.47 Å². The van der Waals surface area contributed by atoms with Gasteiger partial charge in [0.2, 0.25) is 6.79 Å². The van der Waals surface area contributed by atoms with Gasteiger partial charge in [0.1, 0.15) is 11.6 Å². The van der Waals surface area contributed by atoms with Gasteiger partial charge in [-0.1, -0.05) is 12.1 Å². The molecule has 0 aromatic heterocycles. The van der Waals surface area contributed by atoms with Crippen LogP contribution in [0.3, 0.4) is 0 Å². The van der Waals surface area contributed by atoms with Crippen molar-refractivity contribution in [2.24, 2.45) is 0 Å². The molecule has 0 radical (unpaired) electrons. The van der Waals surface area contributed by atoms with E-state index in [9.17, 15) is 9.50 Å². The summed E-state index contributed by atoms with van der Waals surface area (Å²) in [5.74, 6) is 1.12. The van der Waals surface area contributed by atoms with Gasteiger partial charge in [0.05, 0.1) is 6.04 Å². The number of rotatable bonds is 3. The van der Waals surface area contributed by atoms with Gasteiger partial charge in [0.15, 0.2) is 11.5 Å². The van der Waals surface area contributed by atoms with Crippen LogP contribution in [0, 0.1) is 5.82 Å². The number of phenolic OH excluding ortho intramolecular Hbond substituents is 1. The molecule has 1 atom stereocenters. The zero-order valence-corrected chi connectivity index (χ0v) is 12.7. The van der Waals surface area contributed by atoms with Crippen molar-refractivity contribution in [3.63, 3.8) is 0 Å². The predicted octanol–water partition coefficient (Wildman–Crippen LogP) is 3.45. The minimum Gasteiger partial charge on any atom is -0.507 e. The molecule has 2 aromatic rings. The third-order valence-corrected chi connectivity index (χ3v) is 4.51. The van der Waals surface area contributed by atoms with Crippen LogP contribution in [-0.4, -0.2) is 29.9 Å². The van der Waals surface area contributed by atoms with E-state index in [1.54, 1.807) is 18.2 Å². The highest BCUT2D eigenvalue weighted by Crippen LogP contribution is 2.43. The van der Waals surface area contributed by atoms with E-state index in [4.69, 9.17) is 9.47 Å². The third kappa shape index (κ3) is 2.61. The fourth-order valence-electron chi connectivity index (χ4n) is 3.40. The second-order valence-corrected chi connectivity index (χ2v) is 5.96. The minimum absolute atomic E-state index is 0.118. The Bertz CT molecular complexity index is 711. The number of likely N-dealkylation sites (tertiary alicyclic amines) is 1. The van der Waals surface area contributed by atoms with Crippen LogP contribution in [0.25, 0.3) is 0 Å². The number of benzene rings is 2. The lowest BCUT2D eigenvalue weighted by atomic mass is 9.96. The molecule has 1 saturated heterocycles. The average Bonchev–Trinajstić information content (AvgIpc) is 3.21. The summed E-state index contributed by atoms with van der Waals surface area (Å²) in [6.45, 7) is 2.08. The van der Waals surface area contributed by atoms with Crippen LogP contribution in [-0.2, 0) is 0 Å². The average molecular weight is 315 g/mol. The maximum absolute atomic E-state index is 13.3. The molecular formula is C18H18FNO3. The molecule has 0 aliphatic carbocycles. The lowest BCUT2D eigenvalue weighted by molar-refractivity contribution is 0.173. The molecule has 4 nitrogen and oxygen atoms in total. The molecule has 0 spiro atoms. The molecule has 2 aliphatic rings. The van der Waals surface area contributed by atoms with E-state index in [1.165, 1.54) is 12.1 Å². The first kappa shape index (κ1) is 14.3. The molecule has 4 rings (SSSR count). The van der Waals surface area contributed by atoms with Gasteiger partial charge < -0.3 is 14.6 Å². The van der Waals surface area contributed by atoms with Crippen molar-refractivity contribution in [3.05, 3.63) is 53.3 Å². The molecular weight excluding hydrogens is 297 g/mol. The fourth-order valence-corrected chi connectivity index (χ4v) is 3.40. The molecule has 1 N–H and O–H groups in total. The highest BCUT2D eigenvalue weighted by atomic mass is 19.1. The first-order valence-electron chi connectivity index (χ1n) is 7.84. The van der Waals surface area contributed by atoms with Crippen molar-refractivity contribution in [1.29, 1.82) is 0 Å². The Labute approximate surface area is 134 Å². The summed E-state index contributed by atoms with van der Waals surface area (Å²) in [6.07, 6.45) is 2.26. The number of nitrogens with zero attached hydrogens (tertiary/aromatic N) is 1. The number of hydrogen-bond acceptors (Lipinski definition) is 4. The van der Waals surface area contributed by atoms with Crippen LogP contribution in [0.1, 0.15) is 30.0 Å². The summed E-state index contributed by atoms with van der Waals surface area (Å²) in [6, 6.07) is 9.80. The minimum atomic E-state index is -0.260. The molecule has 0 bridgehead atoms. The second-order valence-electron chi connectivity index (χ2n) is 5.96. The van der Waals surface area contributed by atoms with Crippen molar-refractivity contribution in [1.82, 2.24) is 4.90 Å². The second kappa shape index (κ2) is 5.74. The number of aromatic hydroxyl groups is 1. The maximum atomic E-state index is 13.3. The van der Waals surface area contributed by atoms with Gasteiger partial charge in [-0.3, -0.25) is 4.90 Å². The van der Waals surface area contributed by atoms with E-state index in [0.717, 1.165) is 37.1 Å². The third-order valence-electron chi connectivity index (χ3n) is 4.51. The van der Waals surface area contributed by atoms with E-state index >= 15 is 0 Å². The SMILES string of the molecule is Oc1cc2c(cc1[C@H](c1ccc(F)cc1)N1CCCC1)OCO2. The largest absolute Gasteiger partial charge is 0.507 e. The van der Waals surface area contributed by atoms with Crippen molar-refractivity contribution in [3.8, 4) is 17.2 Å². The Morgan fingerprint density at radius 1 is 1.00 bits per heavy atom. The van der Waals surface area contributed by atoms with E-state index in [1.807, 2.05) is 6.07 Å². The van der Waals surface area contributed by atoms with Crippen LogP contribution in [0.4, 0.5) is 4.39 Å². The van der Waals surface area contributed by atoms with Gasteiger partial charge in [-0.05, 0) is 49.7 Å². The highest BCUT2D eigenvalue weighted by Gasteiger charge is 2.29. The van der Waals surface area contributed by atoms with Crippen molar-refractivity contribution in [2.45, 2.75) is 18.9 Å². The molecule has 5 heteroatoms. The number of fused-ring (bicyclic) bond motifs is 1. The van der Waals surface area contributed by atoms with Crippen LogP contribution >= 0.6 is 0 Å². The van der Waals surface area contributed by atoms with Gasteiger partial charge >= 0.3 is 0 Å². The quantitative estimate of drug-likeness (QED) is 0.942. The zero-order valence-electron chi connectivity index (χ0n) is 12.7. The number of halogens is 1. The van der Waals surface area contributed by atoms with Crippen LogP contribution in [0.5, 0.6) is 17.2 Å². The van der Waals surface area contributed by atoms with Gasteiger partial charge in [0.25, 0.3) is 0 Å². The number of phenols is 1. The lowest BCUT2D eigenvalue weighted by Crippen LogP contribution is -2.26. The Kier molecular flexibility index (Phi) is 3.58. The molecule has 2 heterocycles. The highest BCUT2D eigenvalue weighted by molar-refractivity contribution is 5.54. The molecule has 0 saturated carbocycles. The molecule has 2 aromatic carbocycles. The molecule has 120 valence electrons. The number of ether oxygens (including phenoxy) is 2. The maximum Gasteiger partial charge on any atom is 0.231 e. The van der Waals surface area contributed by atoms with Gasteiger partial charge in [-0.2, -0.15) is 0 Å². The summed E-state index contributed by atoms with van der Waals surface area (Å²) < 4.78 is 24.1. The fraction of sp³-hybridized carbons (Fsp3) is 0.333. The lowest BCUT2D eigenvalue weighted by Gasteiger charge is -2.29. The summed E-state index contributed by atoms with van der Waals surface area (Å²) >= 11 is 0. The van der Waals surface area contributed by atoms with Crippen molar-refractivity contribution in [2.75, 3.05) is 19.9 Å². The summed E-state index contributed by atoms with van der Waals surface area (Å²) in [5.41, 5.74) is 1.73. The summed E-state index contributed by atoms with van der Waals surface area (Å²) in [4.78, 5) is 2.31. The van der Waals surface area contributed by atoms with Gasteiger partial charge in [0, 0.05) is 11.6 Å². The van der Waals surface area contributed by atoms with E-state index in [2.05, 4.69) is 4.90 Å². The number of hydrogen-bond donors (Lipinski definition) is 1.